The number of nitrogen functional groups attached to an aromatic ring is 1. The summed E-state index contributed by atoms with van der Waals surface area (Å²) in [6, 6.07) is 1.57. The zero-order valence-corrected chi connectivity index (χ0v) is 18.2. The van der Waals surface area contributed by atoms with Crippen LogP contribution in [0.3, 0.4) is 0 Å². The van der Waals surface area contributed by atoms with E-state index in [0.29, 0.717) is 16.9 Å². The summed E-state index contributed by atoms with van der Waals surface area (Å²) in [6.45, 7) is -5.06. The van der Waals surface area contributed by atoms with Gasteiger partial charge in [0.25, 0.3) is 0 Å². The van der Waals surface area contributed by atoms with E-state index < -0.39 is 47.4 Å². The van der Waals surface area contributed by atoms with Crippen molar-refractivity contribution in [1.82, 2.24) is 14.5 Å². The lowest BCUT2D eigenvalue weighted by molar-refractivity contribution is -0.0399. The van der Waals surface area contributed by atoms with Gasteiger partial charge in [-0.3, -0.25) is 4.57 Å². The molecule has 0 spiro atoms. The van der Waals surface area contributed by atoms with E-state index in [1.807, 2.05) is 0 Å². The molecule has 7 N–H and O–H groups in total. The molecule has 3 rings (SSSR count). The van der Waals surface area contributed by atoms with E-state index in [1.165, 1.54) is 17.1 Å². The first-order valence-corrected chi connectivity index (χ1v) is 13.6. The van der Waals surface area contributed by atoms with E-state index in [4.69, 9.17) is 24.8 Å². The molecule has 0 radical (unpaired) electrons. The van der Waals surface area contributed by atoms with E-state index in [0.717, 1.165) is 0 Å². The quantitative estimate of drug-likeness (QED) is 0.261. The Balaban J connectivity index is 1.64. The van der Waals surface area contributed by atoms with Crippen molar-refractivity contribution in [2.45, 2.75) is 24.9 Å². The lowest BCUT2D eigenvalue weighted by Gasteiger charge is -2.21. The van der Waals surface area contributed by atoms with Crippen molar-refractivity contribution in [3.8, 4) is 0 Å². The smallest absolute Gasteiger partial charge is 0.397 e. The Labute approximate surface area is 173 Å². The highest BCUT2D eigenvalue weighted by atomic mass is 32.5. The Morgan fingerprint density at radius 2 is 1.97 bits per heavy atom. The maximum absolute atomic E-state index is 11.5. The molecule has 30 heavy (non-hydrogen) atoms. The molecule has 2 aromatic rings. The summed E-state index contributed by atoms with van der Waals surface area (Å²) in [4.78, 5) is 44.5. The van der Waals surface area contributed by atoms with Gasteiger partial charge in [0.2, 0.25) is 0 Å². The van der Waals surface area contributed by atoms with E-state index in [9.17, 15) is 24.0 Å². The molecule has 0 bridgehead atoms. The van der Waals surface area contributed by atoms with Crippen molar-refractivity contribution in [3.63, 3.8) is 0 Å². The van der Waals surface area contributed by atoms with Gasteiger partial charge in [0.1, 0.15) is 17.8 Å². The van der Waals surface area contributed by atoms with Crippen molar-refractivity contribution in [2.24, 2.45) is 0 Å². The maximum Gasteiger partial charge on any atom is 0.488 e. The molecule has 1 aliphatic rings. The number of anilines is 1. The van der Waals surface area contributed by atoms with Gasteiger partial charge in [-0.1, -0.05) is 0 Å². The molecule has 1 saturated heterocycles. The highest BCUT2D eigenvalue weighted by molar-refractivity contribution is 8.08. The number of hydrogen-bond donors (Lipinski definition) is 6. The van der Waals surface area contributed by atoms with Crippen LogP contribution >= 0.6 is 22.4 Å². The number of nitrogens with two attached hydrogens (primary N) is 1. The predicted molar refractivity (Wildman–Crippen MR) is 103 cm³/mol. The summed E-state index contributed by atoms with van der Waals surface area (Å²) in [5.74, 6) is 0. The monoisotopic (exact) mass is 506 g/mol. The summed E-state index contributed by atoms with van der Waals surface area (Å²) < 4.78 is 41.9. The van der Waals surface area contributed by atoms with Gasteiger partial charge in [0, 0.05) is 12.6 Å². The number of aromatic nitrogens is 3. The largest absolute Gasteiger partial charge is 0.488 e. The highest BCUT2D eigenvalue weighted by Gasteiger charge is 2.41. The van der Waals surface area contributed by atoms with Crippen LogP contribution in [0.4, 0.5) is 5.69 Å². The fraction of sp³-hybridized carbons (Fsp3) is 0.455. The van der Waals surface area contributed by atoms with Crippen LogP contribution in [0.1, 0.15) is 12.6 Å². The van der Waals surface area contributed by atoms with Crippen LogP contribution < -0.4 is 5.73 Å². The number of imidazole rings is 1. The molecule has 0 saturated carbocycles. The van der Waals surface area contributed by atoms with Crippen molar-refractivity contribution < 1.29 is 51.7 Å². The number of hydrogen-bond acceptors (Lipinski definition) is 11. The average Bonchev–Trinajstić information content (AvgIpc) is 3.14. The fourth-order valence-corrected chi connectivity index (χ4v) is 6.64. The Morgan fingerprint density at radius 3 is 2.63 bits per heavy atom. The molecule has 0 aliphatic carbocycles. The zero-order valence-electron chi connectivity index (χ0n) is 14.7. The van der Waals surface area contributed by atoms with Crippen LogP contribution in [-0.2, 0) is 38.8 Å². The third-order valence-electron chi connectivity index (χ3n) is 3.82. The summed E-state index contributed by atoms with van der Waals surface area (Å²) in [6.07, 6.45) is 0.157. The number of fused-ring (bicyclic) bond motifs is 1. The molecule has 19 heteroatoms. The molecule has 2 aromatic heterocycles. The van der Waals surface area contributed by atoms with Crippen LogP contribution in [-0.4, -0.2) is 58.0 Å². The zero-order chi connectivity index (χ0) is 22.3. The van der Waals surface area contributed by atoms with Crippen molar-refractivity contribution >= 4 is 51.0 Å². The first-order chi connectivity index (χ1) is 13.8. The second-order valence-corrected chi connectivity index (χ2v) is 11.8. The summed E-state index contributed by atoms with van der Waals surface area (Å²) in [5.41, 5.74) is 7.09. The lowest BCUT2D eigenvalue weighted by atomic mass is 10.2. The van der Waals surface area contributed by atoms with Crippen LogP contribution in [0, 0.1) is 0 Å². The second-order valence-electron chi connectivity index (χ2n) is 6.04. The Bertz CT molecular complexity index is 1080. The molecule has 1 fully saturated rings. The second kappa shape index (κ2) is 8.60. The van der Waals surface area contributed by atoms with E-state index in [-0.39, 0.29) is 6.42 Å². The number of ether oxygens (including phenoxy) is 1. The SMILES string of the molecule is Nc1ccnc2c1ncn2[C@H]1C[C@H](O)[C@@H](COP(O)(=S)OP(=O)(O)OP(=O)(O)O)O1. The first kappa shape index (κ1) is 23.8. The molecule has 168 valence electrons. The summed E-state index contributed by atoms with van der Waals surface area (Å²) in [7, 11) is -10.8. The predicted octanol–water partition coefficient (Wildman–Crippen LogP) is 0.122. The summed E-state index contributed by atoms with van der Waals surface area (Å²) >= 11 is 4.52. The van der Waals surface area contributed by atoms with Gasteiger partial charge in [-0.15, -0.1) is 0 Å². The molecule has 0 aromatic carbocycles. The molecule has 15 nitrogen and oxygen atoms in total. The normalized spacial score (nSPS) is 26.5. The molecule has 5 atom stereocenters. The number of pyridine rings is 1. The van der Waals surface area contributed by atoms with Gasteiger partial charge < -0.3 is 39.7 Å². The number of aliphatic hydroxyl groups is 1. The van der Waals surface area contributed by atoms with Gasteiger partial charge >= 0.3 is 22.4 Å². The van der Waals surface area contributed by atoms with Gasteiger partial charge in [-0.05, 0) is 17.9 Å². The topological polar surface area (TPSA) is 229 Å². The fourth-order valence-electron chi connectivity index (χ4n) is 2.67. The molecular formula is C11H17N4O11P3S. The maximum atomic E-state index is 11.5. The standard InChI is InChI=1S/C11H17N4O11P3S/c12-6-1-2-13-11-10(6)14-5-15(11)9-3-7(16)8(24-9)4-23-29(22,30)26-28(20,21)25-27(17,18)19/h1-2,5,7-9,16H,3-4H2,(H2,12,13)(H,20,21)(H,22,30)(H2,17,18,19)/t7-,8+,9+,29?/m0/s1. The average molecular weight is 506 g/mol. The number of rotatable bonds is 8. The molecule has 2 unspecified atom stereocenters. The molecule has 1 aliphatic heterocycles. The minimum atomic E-state index is -5.42. The molecule has 3 heterocycles. The highest BCUT2D eigenvalue weighted by Crippen LogP contribution is 2.66. The summed E-state index contributed by atoms with van der Waals surface area (Å²) in [5, 5.41) is 10.2. The van der Waals surface area contributed by atoms with Crippen molar-refractivity contribution in [1.29, 1.82) is 0 Å². The van der Waals surface area contributed by atoms with Crippen LogP contribution in [0.2, 0.25) is 0 Å². The Morgan fingerprint density at radius 1 is 1.27 bits per heavy atom. The van der Waals surface area contributed by atoms with E-state index >= 15 is 0 Å². The van der Waals surface area contributed by atoms with Crippen LogP contribution in [0.5, 0.6) is 0 Å². The van der Waals surface area contributed by atoms with E-state index in [1.54, 1.807) is 6.07 Å². The van der Waals surface area contributed by atoms with Gasteiger partial charge in [-0.2, -0.15) is 4.31 Å². The lowest BCUT2D eigenvalue weighted by Crippen LogP contribution is -2.26. The first-order valence-electron chi connectivity index (χ1n) is 7.95. The minimum Gasteiger partial charge on any atom is -0.397 e. The molecular weight excluding hydrogens is 489 g/mol. The molecule has 0 amide bonds. The minimum absolute atomic E-state index is 0.0882. The Kier molecular flexibility index (Phi) is 6.83. The Hall–Kier alpha value is -0.830. The third kappa shape index (κ3) is 5.90. The van der Waals surface area contributed by atoms with Crippen LogP contribution in [0.25, 0.3) is 11.2 Å². The van der Waals surface area contributed by atoms with Crippen molar-refractivity contribution in [2.75, 3.05) is 12.3 Å². The number of aliphatic hydroxyl groups excluding tert-OH is 1. The van der Waals surface area contributed by atoms with Crippen molar-refractivity contribution in [3.05, 3.63) is 18.6 Å². The van der Waals surface area contributed by atoms with E-state index in [2.05, 4.69) is 30.4 Å². The third-order valence-corrected chi connectivity index (χ3v) is 8.54. The number of nitrogens with zero attached hydrogens (tertiary/aromatic N) is 3. The van der Waals surface area contributed by atoms with Crippen LogP contribution in [0.15, 0.2) is 18.6 Å². The van der Waals surface area contributed by atoms with Gasteiger partial charge in [-0.25, -0.2) is 23.4 Å². The number of phosphoric acid groups is 2. The van der Waals surface area contributed by atoms with Gasteiger partial charge in [0.15, 0.2) is 5.65 Å². The van der Waals surface area contributed by atoms with Gasteiger partial charge in [0.05, 0.1) is 24.7 Å².